The fraction of sp³-hybridized carbons (Fsp3) is 0.342. The summed E-state index contributed by atoms with van der Waals surface area (Å²) in [6.45, 7) is 8.75. The highest BCUT2D eigenvalue weighted by atomic mass is 19.1. The Morgan fingerprint density at radius 2 is 1.74 bits per heavy atom. The number of aromatic nitrogens is 5. The molecule has 16 heteroatoms. The summed E-state index contributed by atoms with van der Waals surface area (Å²) < 4.78 is 47.8. The van der Waals surface area contributed by atoms with Gasteiger partial charge in [0.1, 0.15) is 34.7 Å². The number of nitrogens with zero attached hydrogens (tertiary/aromatic N) is 8. The largest absolute Gasteiger partial charge is 0.368 e. The first-order valence-electron chi connectivity index (χ1n) is 17.8. The van der Waals surface area contributed by atoms with Gasteiger partial charge in [-0.15, -0.1) is 0 Å². The molecule has 0 saturated carbocycles. The van der Waals surface area contributed by atoms with Crippen molar-refractivity contribution in [1.29, 1.82) is 0 Å². The van der Waals surface area contributed by atoms with Gasteiger partial charge < -0.3 is 19.7 Å². The van der Waals surface area contributed by atoms with Gasteiger partial charge in [0.2, 0.25) is 17.8 Å². The number of imidazole rings is 1. The average molecular weight is 739 g/mol. The Kier molecular flexibility index (Phi) is 9.00. The van der Waals surface area contributed by atoms with Crippen molar-refractivity contribution in [3.63, 3.8) is 0 Å². The lowest BCUT2D eigenvalue weighted by Gasteiger charge is -2.36. The molecule has 54 heavy (non-hydrogen) atoms. The molecule has 1 unspecified atom stereocenters. The number of aryl methyl sites for hydroxylation is 1. The van der Waals surface area contributed by atoms with E-state index in [9.17, 15) is 14.4 Å². The second-order valence-electron chi connectivity index (χ2n) is 14.1. The van der Waals surface area contributed by atoms with Crippen LogP contribution in [-0.4, -0.2) is 84.2 Å². The number of fused-ring (bicyclic) bond motifs is 2. The van der Waals surface area contributed by atoms with Crippen molar-refractivity contribution in [2.75, 3.05) is 36.4 Å². The van der Waals surface area contributed by atoms with Crippen LogP contribution >= 0.6 is 0 Å². The summed E-state index contributed by atoms with van der Waals surface area (Å²) in [5.41, 5.74) is 2.87. The number of pyridine rings is 1. The van der Waals surface area contributed by atoms with Crippen LogP contribution in [0.15, 0.2) is 48.8 Å². The molecule has 0 aliphatic carbocycles. The van der Waals surface area contributed by atoms with Crippen LogP contribution in [0.3, 0.4) is 0 Å². The highest BCUT2D eigenvalue weighted by molar-refractivity contribution is 6.05. The summed E-state index contributed by atoms with van der Waals surface area (Å²) in [5, 5.41) is 5.28. The number of hydrogen-bond donors (Lipinski definition) is 2. The molecule has 2 fully saturated rings. The molecule has 2 N–H and O–H groups in total. The van der Waals surface area contributed by atoms with E-state index < -0.39 is 35.3 Å². The lowest BCUT2D eigenvalue weighted by molar-refractivity contribution is -0.136. The normalized spacial score (nSPS) is 17.8. The van der Waals surface area contributed by atoms with E-state index >= 15 is 13.2 Å². The first-order chi connectivity index (χ1) is 25.9. The van der Waals surface area contributed by atoms with Crippen LogP contribution in [0, 0.1) is 24.4 Å². The smallest absolute Gasteiger partial charge is 0.255 e. The molecular weight excluding hydrogens is 701 g/mol. The summed E-state index contributed by atoms with van der Waals surface area (Å²) in [7, 11) is 0. The highest BCUT2D eigenvalue weighted by Gasteiger charge is 2.40. The van der Waals surface area contributed by atoms with E-state index in [0.717, 1.165) is 11.9 Å². The van der Waals surface area contributed by atoms with Crippen LogP contribution < -0.4 is 15.5 Å². The van der Waals surface area contributed by atoms with Crippen LogP contribution in [-0.2, 0) is 22.7 Å². The van der Waals surface area contributed by atoms with E-state index in [4.69, 9.17) is 0 Å². The molecule has 5 aromatic rings. The number of nitrogens with one attached hydrogen (secondary N) is 2. The summed E-state index contributed by atoms with van der Waals surface area (Å²) in [5.74, 6) is -1.81. The van der Waals surface area contributed by atoms with Gasteiger partial charge in [-0.3, -0.25) is 24.6 Å². The number of amides is 3. The minimum atomic E-state index is -0.799. The van der Waals surface area contributed by atoms with Gasteiger partial charge in [0.05, 0.1) is 30.1 Å². The Bertz CT molecular complexity index is 2320. The first-order valence-corrected chi connectivity index (χ1v) is 17.8. The van der Waals surface area contributed by atoms with Gasteiger partial charge in [-0.25, -0.2) is 33.1 Å². The second-order valence-corrected chi connectivity index (χ2v) is 14.1. The molecule has 2 aromatic carbocycles. The van der Waals surface area contributed by atoms with Crippen molar-refractivity contribution in [3.05, 3.63) is 88.8 Å². The zero-order chi connectivity index (χ0) is 37.8. The molecule has 0 bridgehead atoms. The molecular formula is C38H37F3N10O3. The summed E-state index contributed by atoms with van der Waals surface area (Å²) in [6.07, 6.45) is 3.10. The van der Waals surface area contributed by atoms with E-state index in [1.807, 2.05) is 24.5 Å². The first kappa shape index (κ1) is 35.1. The van der Waals surface area contributed by atoms with Crippen LogP contribution in [0.25, 0.3) is 22.3 Å². The lowest BCUT2D eigenvalue weighted by Crippen LogP contribution is -2.52. The summed E-state index contributed by atoms with van der Waals surface area (Å²) in [4.78, 5) is 60.0. The van der Waals surface area contributed by atoms with E-state index in [0.29, 0.717) is 55.4 Å². The number of carbonyl (C=O) groups excluding carboxylic acids is 3. The van der Waals surface area contributed by atoms with E-state index in [1.54, 1.807) is 37.4 Å². The Hall–Kier alpha value is -5.90. The van der Waals surface area contributed by atoms with E-state index in [2.05, 4.69) is 40.4 Å². The molecule has 1 atom stereocenters. The Morgan fingerprint density at radius 3 is 2.46 bits per heavy atom. The average Bonchev–Trinajstić information content (AvgIpc) is 3.67. The Morgan fingerprint density at radius 1 is 0.944 bits per heavy atom. The topological polar surface area (TPSA) is 141 Å². The van der Waals surface area contributed by atoms with Crippen molar-refractivity contribution >= 4 is 46.2 Å². The number of piperazine rings is 1. The van der Waals surface area contributed by atoms with Gasteiger partial charge in [-0.05, 0) is 57.5 Å². The standard InChI is InChI=1S/C38H37F3N10O3/c1-20(2)51-21(3)44-35-27(39)14-23(15-30(35)51)34-28(40)17-43-38(47-34)45-31-8-5-24(16-42-31)49-12-10-48(11-13-49)18-22-4-6-25-26(33(22)41)19-50(37(25)54)29-7-9-32(52)46-36(29)53/h4-6,8,14-17,20,29H,7,9-13,18-19H2,1-3H3,(H,46,52,53)(H,42,43,45,47). The molecule has 13 nitrogen and oxygen atoms in total. The maximum atomic E-state index is 15.7. The SMILES string of the molecule is Cc1nc2c(F)cc(-c3nc(Nc4ccc(N5CCN(Cc6ccc7c(c6F)CN(C6CCC(=O)NC6=O)C7=O)CC5)cn4)ncc3F)cc2n1C(C)C. The Labute approximate surface area is 308 Å². The quantitative estimate of drug-likeness (QED) is 0.209. The summed E-state index contributed by atoms with van der Waals surface area (Å²) in [6, 6.07) is 9.06. The maximum absolute atomic E-state index is 15.7. The zero-order valence-corrected chi connectivity index (χ0v) is 29.9. The molecule has 3 aliphatic heterocycles. The number of hydrogen-bond acceptors (Lipinski definition) is 10. The van der Waals surface area contributed by atoms with Gasteiger partial charge >= 0.3 is 0 Å². The molecule has 3 aromatic heterocycles. The van der Waals surface area contributed by atoms with Gasteiger partial charge in [0, 0.05) is 67.4 Å². The highest BCUT2D eigenvalue weighted by Crippen LogP contribution is 2.33. The van der Waals surface area contributed by atoms with Crippen molar-refractivity contribution in [3.8, 4) is 11.3 Å². The molecule has 278 valence electrons. The van der Waals surface area contributed by atoms with Crippen molar-refractivity contribution < 1.29 is 27.6 Å². The molecule has 0 radical (unpaired) electrons. The zero-order valence-electron chi connectivity index (χ0n) is 29.9. The molecule has 6 heterocycles. The molecule has 3 aliphatic rings. The summed E-state index contributed by atoms with van der Waals surface area (Å²) >= 11 is 0. The van der Waals surface area contributed by atoms with Crippen LogP contribution in [0.5, 0.6) is 0 Å². The van der Waals surface area contributed by atoms with E-state index in [1.165, 1.54) is 11.0 Å². The third-order valence-corrected chi connectivity index (χ3v) is 10.3. The third kappa shape index (κ3) is 6.39. The van der Waals surface area contributed by atoms with Gasteiger partial charge in [0.15, 0.2) is 11.6 Å². The number of rotatable bonds is 8. The molecule has 3 amide bonds. The van der Waals surface area contributed by atoms with Crippen molar-refractivity contribution in [2.24, 2.45) is 0 Å². The maximum Gasteiger partial charge on any atom is 0.255 e. The van der Waals surface area contributed by atoms with Crippen molar-refractivity contribution in [1.82, 2.24) is 39.6 Å². The minimum Gasteiger partial charge on any atom is -0.368 e. The molecule has 2 saturated heterocycles. The Balaban J connectivity index is 0.896. The van der Waals surface area contributed by atoms with Crippen LogP contribution in [0.4, 0.5) is 30.6 Å². The van der Waals surface area contributed by atoms with Crippen LogP contribution in [0.1, 0.15) is 60.0 Å². The van der Waals surface area contributed by atoms with Gasteiger partial charge in [0.25, 0.3) is 5.91 Å². The van der Waals surface area contributed by atoms with E-state index in [-0.39, 0.29) is 65.2 Å². The van der Waals surface area contributed by atoms with Gasteiger partial charge in [-0.2, -0.15) is 0 Å². The predicted octanol–water partition coefficient (Wildman–Crippen LogP) is 5.02. The number of carbonyl (C=O) groups is 3. The fourth-order valence-electron chi connectivity index (χ4n) is 7.63. The number of anilines is 3. The fourth-order valence-corrected chi connectivity index (χ4v) is 7.63. The molecule has 0 spiro atoms. The number of piperidine rings is 1. The minimum absolute atomic E-state index is 0.0122. The molecule has 8 rings (SSSR count). The number of benzene rings is 2. The monoisotopic (exact) mass is 738 g/mol. The number of halogens is 3. The predicted molar refractivity (Wildman–Crippen MR) is 193 cm³/mol. The third-order valence-electron chi connectivity index (χ3n) is 10.3. The number of imide groups is 1. The lowest BCUT2D eigenvalue weighted by atomic mass is 10.0. The van der Waals surface area contributed by atoms with Gasteiger partial charge in [-0.1, -0.05) is 6.07 Å². The van der Waals surface area contributed by atoms with Crippen molar-refractivity contribution in [2.45, 2.75) is 58.8 Å². The second kappa shape index (κ2) is 13.8. The van der Waals surface area contributed by atoms with Crippen LogP contribution in [0.2, 0.25) is 0 Å².